The van der Waals surface area contributed by atoms with Gasteiger partial charge in [-0.15, -0.1) is 0 Å². The van der Waals surface area contributed by atoms with Gasteiger partial charge in [-0.25, -0.2) is 14.2 Å². The van der Waals surface area contributed by atoms with Gasteiger partial charge >= 0.3 is 11.7 Å². The molecule has 0 fully saturated rings. The first kappa shape index (κ1) is 21.3. The van der Waals surface area contributed by atoms with Crippen molar-refractivity contribution >= 4 is 17.1 Å². The largest absolute Gasteiger partial charge is 0.351 e. The van der Waals surface area contributed by atoms with Gasteiger partial charge in [0.1, 0.15) is 0 Å². The molecule has 5 heteroatoms. The second kappa shape index (κ2) is 9.77. The van der Waals surface area contributed by atoms with E-state index in [2.05, 4.69) is 19.9 Å². The van der Waals surface area contributed by atoms with Gasteiger partial charge in [-0.1, -0.05) is 70.9 Å². The number of carbonyl (C=O) groups excluding carboxylic acids is 1. The Kier molecular flexibility index (Phi) is 7.69. The summed E-state index contributed by atoms with van der Waals surface area (Å²) in [4.78, 5) is 24.7. The summed E-state index contributed by atoms with van der Waals surface area (Å²) in [5.74, 6) is 0.602. The molecule has 1 atom stereocenters. The number of benzene rings is 1. The molecule has 0 saturated carbocycles. The summed E-state index contributed by atoms with van der Waals surface area (Å²) < 4.78 is 2.82. The van der Waals surface area contributed by atoms with E-state index in [4.69, 9.17) is 5.73 Å². The SMILES string of the molecule is CCCCCCC(CCC)Cc1cccc2c1n(C(C)C)c(=O)n2C(N)=O. The van der Waals surface area contributed by atoms with Crippen LogP contribution in [0, 0.1) is 5.92 Å². The van der Waals surface area contributed by atoms with Gasteiger partial charge < -0.3 is 5.73 Å². The maximum Gasteiger partial charge on any atom is 0.337 e. The highest BCUT2D eigenvalue weighted by atomic mass is 16.2. The molecular weight excluding hydrogens is 338 g/mol. The quantitative estimate of drug-likeness (QED) is 0.579. The molecule has 0 aliphatic carbocycles. The molecule has 0 aliphatic heterocycles. The van der Waals surface area contributed by atoms with Crippen molar-refractivity contribution in [1.82, 2.24) is 9.13 Å². The molecule has 1 unspecified atom stereocenters. The minimum atomic E-state index is -0.716. The number of unbranched alkanes of at least 4 members (excludes halogenated alkanes) is 3. The summed E-state index contributed by atoms with van der Waals surface area (Å²) in [5, 5.41) is 0. The Morgan fingerprint density at radius 2 is 1.81 bits per heavy atom. The number of rotatable bonds is 10. The summed E-state index contributed by atoms with van der Waals surface area (Å²) in [7, 11) is 0. The summed E-state index contributed by atoms with van der Waals surface area (Å²) in [5.41, 5.74) is 7.80. The van der Waals surface area contributed by atoms with Crippen molar-refractivity contribution in [2.45, 2.75) is 85.1 Å². The molecular formula is C22H35N3O2. The fraction of sp³-hybridized carbons (Fsp3) is 0.636. The van der Waals surface area contributed by atoms with Crippen LogP contribution in [0.5, 0.6) is 0 Å². The minimum Gasteiger partial charge on any atom is -0.351 e. The van der Waals surface area contributed by atoms with E-state index < -0.39 is 6.03 Å². The number of nitrogens with zero attached hydrogens (tertiary/aromatic N) is 2. The maximum atomic E-state index is 12.8. The molecule has 0 aliphatic rings. The lowest BCUT2D eigenvalue weighted by molar-refractivity contribution is 0.250. The summed E-state index contributed by atoms with van der Waals surface area (Å²) in [6, 6.07) is 5.10. The van der Waals surface area contributed by atoms with Gasteiger partial charge in [-0.2, -0.15) is 0 Å². The van der Waals surface area contributed by atoms with Crippen molar-refractivity contribution in [1.29, 1.82) is 0 Å². The third kappa shape index (κ3) is 4.82. The van der Waals surface area contributed by atoms with Crippen LogP contribution in [0.1, 0.15) is 84.2 Å². The molecule has 5 nitrogen and oxygen atoms in total. The van der Waals surface area contributed by atoms with Crippen LogP contribution in [-0.2, 0) is 6.42 Å². The number of hydrogen-bond acceptors (Lipinski definition) is 2. The number of aromatic nitrogens is 2. The maximum absolute atomic E-state index is 12.8. The van der Waals surface area contributed by atoms with Crippen molar-refractivity contribution in [3.8, 4) is 0 Å². The van der Waals surface area contributed by atoms with Crippen molar-refractivity contribution in [3.63, 3.8) is 0 Å². The fourth-order valence-electron chi connectivity index (χ4n) is 4.13. The number of amides is 1. The Morgan fingerprint density at radius 1 is 1.07 bits per heavy atom. The van der Waals surface area contributed by atoms with Crippen molar-refractivity contribution < 1.29 is 4.79 Å². The van der Waals surface area contributed by atoms with Gasteiger partial charge in [-0.05, 0) is 37.8 Å². The number of primary amides is 1. The van der Waals surface area contributed by atoms with Crippen molar-refractivity contribution in [2.24, 2.45) is 11.7 Å². The Hall–Kier alpha value is -2.04. The normalized spacial score (nSPS) is 12.8. The van der Waals surface area contributed by atoms with Gasteiger partial charge in [-0.3, -0.25) is 4.57 Å². The van der Waals surface area contributed by atoms with Gasteiger partial charge in [0.05, 0.1) is 11.0 Å². The Morgan fingerprint density at radius 3 is 2.41 bits per heavy atom. The topological polar surface area (TPSA) is 70.0 Å². The molecule has 0 saturated heterocycles. The molecule has 0 bridgehead atoms. The second-order valence-corrected chi connectivity index (χ2v) is 7.91. The number of fused-ring (bicyclic) bond motifs is 1. The predicted octanol–water partition coefficient (Wildman–Crippen LogP) is 5.24. The van der Waals surface area contributed by atoms with Gasteiger partial charge in [0, 0.05) is 6.04 Å². The fourth-order valence-corrected chi connectivity index (χ4v) is 4.13. The van der Waals surface area contributed by atoms with E-state index in [-0.39, 0.29) is 11.7 Å². The van der Waals surface area contributed by atoms with Crippen LogP contribution in [0.2, 0.25) is 0 Å². The lowest BCUT2D eigenvalue weighted by Crippen LogP contribution is -2.33. The van der Waals surface area contributed by atoms with Crippen molar-refractivity contribution in [2.75, 3.05) is 0 Å². The molecule has 150 valence electrons. The van der Waals surface area contributed by atoms with E-state index in [0.29, 0.717) is 11.4 Å². The molecule has 1 aromatic carbocycles. The number of carbonyl (C=O) groups is 1. The van der Waals surface area contributed by atoms with Crippen LogP contribution in [0.25, 0.3) is 11.0 Å². The summed E-state index contributed by atoms with van der Waals surface area (Å²) in [6.07, 6.45) is 9.59. The van der Waals surface area contributed by atoms with Gasteiger partial charge in [0.15, 0.2) is 0 Å². The average molecular weight is 374 g/mol. The van der Waals surface area contributed by atoms with Crippen LogP contribution < -0.4 is 11.4 Å². The lowest BCUT2D eigenvalue weighted by atomic mass is 9.89. The van der Waals surface area contributed by atoms with Crippen LogP contribution in [-0.4, -0.2) is 15.2 Å². The van der Waals surface area contributed by atoms with Gasteiger partial charge in [0.2, 0.25) is 0 Å². The molecule has 2 rings (SSSR count). The first-order valence-electron chi connectivity index (χ1n) is 10.5. The first-order chi connectivity index (χ1) is 12.9. The first-order valence-corrected chi connectivity index (χ1v) is 10.5. The van der Waals surface area contributed by atoms with Gasteiger partial charge in [0.25, 0.3) is 0 Å². The highest BCUT2D eigenvalue weighted by Crippen LogP contribution is 2.27. The second-order valence-electron chi connectivity index (χ2n) is 7.91. The summed E-state index contributed by atoms with van der Waals surface area (Å²) >= 11 is 0. The molecule has 0 spiro atoms. The van der Waals surface area contributed by atoms with Crippen molar-refractivity contribution in [3.05, 3.63) is 34.2 Å². The number of imidazole rings is 1. The lowest BCUT2D eigenvalue weighted by Gasteiger charge is -2.18. The van der Waals surface area contributed by atoms with Crippen LogP contribution >= 0.6 is 0 Å². The average Bonchev–Trinajstić information content (AvgIpc) is 2.92. The monoisotopic (exact) mass is 373 g/mol. The predicted molar refractivity (Wildman–Crippen MR) is 112 cm³/mol. The van der Waals surface area contributed by atoms with E-state index in [1.807, 2.05) is 26.0 Å². The zero-order valence-electron chi connectivity index (χ0n) is 17.3. The van der Waals surface area contributed by atoms with E-state index in [1.165, 1.54) is 38.5 Å². The highest BCUT2D eigenvalue weighted by molar-refractivity contribution is 5.90. The molecule has 1 aromatic heterocycles. The highest BCUT2D eigenvalue weighted by Gasteiger charge is 2.21. The molecule has 0 radical (unpaired) electrons. The third-order valence-corrected chi connectivity index (χ3v) is 5.39. The zero-order valence-corrected chi connectivity index (χ0v) is 17.3. The van der Waals surface area contributed by atoms with E-state index in [9.17, 15) is 9.59 Å². The van der Waals surface area contributed by atoms with Crippen LogP contribution in [0.15, 0.2) is 23.0 Å². The molecule has 2 aromatic rings. The Labute approximate surface area is 162 Å². The molecule has 1 heterocycles. The summed E-state index contributed by atoms with van der Waals surface area (Å²) in [6.45, 7) is 8.40. The van der Waals surface area contributed by atoms with Crippen LogP contribution in [0.4, 0.5) is 4.79 Å². The standard InChI is InChI=1S/C22H35N3O2/c1-5-7-8-9-12-17(11-6-2)15-18-13-10-14-19-20(18)24(16(3)4)22(27)25(19)21(23)26/h10,13-14,16-17H,5-9,11-12,15H2,1-4H3,(H2,23,26). The zero-order chi connectivity index (χ0) is 20.0. The smallest absolute Gasteiger partial charge is 0.337 e. The Bertz CT molecular complexity index is 817. The molecule has 2 N–H and O–H groups in total. The number of hydrogen-bond donors (Lipinski definition) is 1. The van der Waals surface area contributed by atoms with E-state index >= 15 is 0 Å². The minimum absolute atomic E-state index is 0.0315. The van der Waals surface area contributed by atoms with E-state index in [0.717, 1.165) is 28.5 Å². The number of para-hydroxylation sites is 1. The third-order valence-electron chi connectivity index (χ3n) is 5.39. The molecule has 27 heavy (non-hydrogen) atoms. The van der Waals surface area contributed by atoms with Crippen LogP contribution in [0.3, 0.4) is 0 Å². The Balaban J connectivity index is 2.43. The van der Waals surface area contributed by atoms with E-state index in [1.54, 1.807) is 4.57 Å². The number of nitrogens with two attached hydrogens (primary N) is 1. The molecule has 1 amide bonds.